The fraction of sp³-hybridized carbons (Fsp3) is 0.933. The monoisotopic (exact) mass is 286 g/mol. The Balaban J connectivity index is 2.15. The van der Waals surface area contributed by atoms with Crippen LogP contribution in [0.5, 0.6) is 0 Å². The molecule has 1 unspecified atom stereocenters. The van der Waals surface area contributed by atoms with Crippen molar-refractivity contribution in [2.24, 2.45) is 11.3 Å². The van der Waals surface area contributed by atoms with Crippen LogP contribution < -0.4 is 10.6 Å². The molecule has 0 heterocycles. The number of methoxy groups -OCH3 is 1. The van der Waals surface area contributed by atoms with E-state index in [0.29, 0.717) is 32.0 Å². The molecule has 0 spiro atoms. The van der Waals surface area contributed by atoms with Crippen molar-refractivity contribution in [1.82, 2.24) is 10.6 Å². The molecule has 2 amide bonds. The number of nitrogens with one attached hydrogen (secondary N) is 2. The largest absolute Gasteiger partial charge is 0.391 e. The second kappa shape index (κ2) is 8.47. The lowest BCUT2D eigenvalue weighted by molar-refractivity contribution is 0.0598. The number of aliphatic hydroxyl groups excluding tert-OH is 1. The average Bonchev–Trinajstić information content (AvgIpc) is 2.91. The summed E-state index contributed by atoms with van der Waals surface area (Å²) in [7, 11) is 1.55. The predicted octanol–water partition coefficient (Wildman–Crippen LogP) is 1.90. The zero-order valence-corrected chi connectivity index (χ0v) is 13.1. The minimum Gasteiger partial charge on any atom is -0.391 e. The molecule has 1 saturated carbocycles. The summed E-state index contributed by atoms with van der Waals surface area (Å²) in [6.45, 7) is 5.92. The van der Waals surface area contributed by atoms with Gasteiger partial charge in [-0.1, -0.05) is 26.7 Å². The summed E-state index contributed by atoms with van der Waals surface area (Å²) in [5.74, 6) is 0.714. The molecule has 5 heteroatoms. The molecule has 1 aliphatic carbocycles. The van der Waals surface area contributed by atoms with Crippen molar-refractivity contribution in [2.45, 2.75) is 52.1 Å². The molecule has 0 aromatic rings. The molecule has 0 aromatic carbocycles. The van der Waals surface area contributed by atoms with Crippen LogP contribution in [-0.2, 0) is 4.74 Å². The molecule has 0 aromatic heterocycles. The molecule has 118 valence electrons. The van der Waals surface area contributed by atoms with Crippen LogP contribution in [0, 0.1) is 11.3 Å². The molecule has 3 N–H and O–H groups in total. The van der Waals surface area contributed by atoms with Gasteiger partial charge < -0.3 is 20.5 Å². The zero-order valence-electron chi connectivity index (χ0n) is 13.1. The van der Waals surface area contributed by atoms with E-state index < -0.39 is 6.10 Å². The third kappa shape index (κ3) is 6.09. The lowest BCUT2D eigenvalue weighted by Crippen LogP contribution is -2.43. The number of amides is 2. The van der Waals surface area contributed by atoms with Crippen LogP contribution >= 0.6 is 0 Å². The van der Waals surface area contributed by atoms with E-state index >= 15 is 0 Å². The van der Waals surface area contributed by atoms with E-state index in [0.717, 1.165) is 0 Å². The number of aliphatic hydroxyl groups is 1. The van der Waals surface area contributed by atoms with Crippen molar-refractivity contribution in [3.8, 4) is 0 Å². The van der Waals surface area contributed by atoms with Crippen molar-refractivity contribution in [2.75, 3.05) is 26.8 Å². The lowest BCUT2D eigenvalue weighted by atomic mass is 9.78. The maximum Gasteiger partial charge on any atom is 0.314 e. The van der Waals surface area contributed by atoms with Gasteiger partial charge in [0.15, 0.2) is 0 Å². The predicted molar refractivity (Wildman–Crippen MR) is 79.6 cm³/mol. The van der Waals surface area contributed by atoms with E-state index in [1.807, 2.05) is 0 Å². The Morgan fingerprint density at radius 2 is 2.00 bits per heavy atom. The number of carbonyl (C=O) groups is 1. The fourth-order valence-electron chi connectivity index (χ4n) is 2.85. The highest BCUT2D eigenvalue weighted by Crippen LogP contribution is 2.38. The van der Waals surface area contributed by atoms with Gasteiger partial charge in [0.2, 0.25) is 0 Å². The Hall–Kier alpha value is -0.810. The van der Waals surface area contributed by atoms with Gasteiger partial charge >= 0.3 is 6.03 Å². The second-order valence-electron chi connectivity index (χ2n) is 6.48. The lowest BCUT2D eigenvalue weighted by Gasteiger charge is -2.31. The van der Waals surface area contributed by atoms with E-state index in [4.69, 9.17) is 4.74 Å². The van der Waals surface area contributed by atoms with Crippen molar-refractivity contribution < 1.29 is 14.6 Å². The van der Waals surface area contributed by atoms with Gasteiger partial charge in [-0.3, -0.25) is 0 Å². The van der Waals surface area contributed by atoms with Gasteiger partial charge in [0.05, 0.1) is 12.7 Å². The molecule has 0 saturated heterocycles. The average molecular weight is 286 g/mol. The second-order valence-corrected chi connectivity index (χ2v) is 6.48. The Morgan fingerprint density at radius 1 is 1.35 bits per heavy atom. The number of carbonyl (C=O) groups excluding carboxylic acids is 1. The quantitative estimate of drug-likeness (QED) is 0.638. The van der Waals surface area contributed by atoms with Crippen LogP contribution in [0.4, 0.5) is 4.79 Å². The Labute approximate surface area is 122 Å². The number of urea groups is 1. The number of rotatable bonds is 8. The summed E-state index contributed by atoms with van der Waals surface area (Å²) in [5.41, 5.74) is 0.156. The Kier molecular flexibility index (Phi) is 7.30. The SMILES string of the molecule is COCC(O)CCNC(=O)NCC(C)(C)C1CCCC1. The maximum absolute atomic E-state index is 11.7. The fourth-order valence-corrected chi connectivity index (χ4v) is 2.85. The van der Waals surface area contributed by atoms with E-state index in [1.54, 1.807) is 7.11 Å². The summed E-state index contributed by atoms with van der Waals surface area (Å²) in [5, 5.41) is 15.2. The number of ether oxygens (including phenoxy) is 1. The molecule has 5 nitrogen and oxygen atoms in total. The summed E-state index contributed by atoms with van der Waals surface area (Å²) in [4.78, 5) is 11.7. The third-order valence-corrected chi connectivity index (χ3v) is 4.29. The highest BCUT2D eigenvalue weighted by atomic mass is 16.5. The van der Waals surface area contributed by atoms with Gasteiger partial charge in [0.1, 0.15) is 0 Å². The van der Waals surface area contributed by atoms with Crippen LogP contribution in [0.3, 0.4) is 0 Å². The first-order valence-corrected chi connectivity index (χ1v) is 7.64. The van der Waals surface area contributed by atoms with Crippen LogP contribution in [0.15, 0.2) is 0 Å². The normalized spacial score (nSPS) is 18.0. The van der Waals surface area contributed by atoms with E-state index in [9.17, 15) is 9.90 Å². The van der Waals surface area contributed by atoms with Crippen LogP contribution in [0.25, 0.3) is 0 Å². The molecule has 1 fully saturated rings. The van der Waals surface area contributed by atoms with Gasteiger partial charge in [-0.25, -0.2) is 4.79 Å². The molecular formula is C15H30N2O3. The first kappa shape index (κ1) is 17.2. The number of hydrogen-bond acceptors (Lipinski definition) is 3. The Morgan fingerprint density at radius 3 is 2.60 bits per heavy atom. The molecule has 1 rings (SSSR count). The van der Waals surface area contributed by atoms with Gasteiger partial charge in [-0.2, -0.15) is 0 Å². The van der Waals surface area contributed by atoms with Gasteiger partial charge in [0.25, 0.3) is 0 Å². The van der Waals surface area contributed by atoms with Crippen molar-refractivity contribution in [1.29, 1.82) is 0 Å². The summed E-state index contributed by atoms with van der Waals surface area (Å²) in [6, 6.07) is -0.152. The Bertz CT molecular complexity index is 289. The summed E-state index contributed by atoms with van der Waals surface area (Å²) < 4.78 is 4.83. The summed E-state index contributed by atoms with van der Waals surface area (Å²) in [6.07, 6.45) is 5.18. The number of hydrogen-bond donors (Lipinski definition) is 3. The van der Waals surface area contributed by atoms with Crippen LogP contribution in [0.2, 0.25) is 0 Å². The van der Waals surface area contributed by atoms with Crippen molar-refractivity contribution >= 4 is 6.03 Å². The van der Waals surface area contributed by atoms with Gasteiger partial charge in [-0.05, 0) is 30.6 Å². The van der Waals surface area contributed by atoms with Crippen molar-refractivity contribution in [3.63, 3.8) is 0 Å². The topological polar surface area (TPSA) is 70.6 Å². The molecule has 1 atom stereocenters. The van der Waals surface area contributed by atoms with Gasteiger partial charge in [-0.15, -0.1) is 0 Å². The molecular weight excluding hydrogens is 256 g/mol. The highest BCUT2D eigenvalue weighted by molar-refractivity contribution is 5.73. The van der Waals surface area contributed by atoms with E-state index in [1.165, 1.54) is 25.7 Å². The van der Waals surface area contributed by atoms with E-state index in [2.05, 4.69) is 24.5 Å². The molecule has 0 aliphatic heterocycles. The maximum atomic E-state index is 11.7. The third-order valence-electron chi connectivity index (χ3n) is 4.29. The smallest absolute Gasteiger partial charge is 0.314 e. The molecule has 20 heavy (non-hydrogen) atoms. The first-order valence-electron chi connectivity index (χ1n) is 7.64. The van der Waals surface area contributed by atoms with Crippen molar-refractivity contribution in [3.05, 3.63) is 0 Å². The van der Waals surface area contributed by atoms with Gasteiger partial charge in [0, 0.05) is 20.2 Å². The highest BCUT2D eigenvalue weighted by Gasteiger charge is 2.31. The standard InChI is InChI=1S/C15H30N2O3/c1-15(2,12-6-4-5-7-12)11-17-14(19)16-9-8-13(18)10-20-3/h12-13,18H,4-11H2,1-3H3,(H2,16,17,19). The molecule has 1 aliphatic rings. The minimum absolute atomic E-state index is 0.152. The van der Waals surface area contributed by atoms with Crippen LogP contribution in [-0.4, -0.2) is 44.0 Å². The minimum atomic E-state index is -0.518. The van der Waals surface area contributed by atoms with E-state index in [-0.39, 0.29) is 11.4 Å². The molecule has 0 radical (unpaired) electrons. The summed E-state index contributed by atoms with van der Waals surface area (Å²) >= 11 is 0. The zero-order chi connectivity index (χ0) is 15.0. The first-order chi connectivity index (χ1) is 9.45. The molecule has 0 bridgehead atoms. The van der Waals surface area contributed by atoms with Crippen LogP contribution in [0.1, 0.15) is 46.0 Å².